The molecule has 1 aliphatic rings. The van der Waals surface area contributed by atoms with Gasteiger partial charge in [0.05, 0.1) is 5.56 Å². The molecule has 0 saturated carbocycles. The molecule has 0 spiro atoms. The molecule has 34 heavy (non-hydrogen) atoms. The van der Waals surface area contributed by atoms with Gasteiger partial charge >= 0.3 is 5.97 Å². The van der Waals surface area contributed by atoms with Gasteiger partial charge in [0.1, 0.15) is 11.5 Å². The highest BCUT2D eigenvalue weighted by Gasteiger charge is 2.19. The first-order valence-corrected chi connectivity index (χ1v) is 11.4. The highest BCUT2D eigenvalue weighted by molar-refractivity contribution is 6.33. The van der Waals surface area contributed by atoms with Crippen LogP contribution in [0.4, 0.5) is 0 Å². The quantitative estimate of drug-likeness (QED) is 0.340. The molecule has 0 aliphatic heterocycles. The Morgan fingerprint density at radius 1 is 1.09 bits per heavy atom. The molecule has 0 saturated heterocycles. The number of halogens is 1. The van der Waals surface area contributed by atoms with Gasteiger partial charge in [0, 0.05) is 40.7 Å². The molecule has 1 heterocycles. The number of aromatic carboxylic acids is 1. The van der Waals surface area contributed by atoms with Crippen LogP contribution in [0.3, 0.4) is 0 Å². The molecule has 5 heteroatoms. The molecule has 170 valence electrons. The molecule has 4 nitrogen and oxygen atoms in total. The topological polar surface area (TPSA) is 51.5 Å². The SMILES string of the molecule is C=C1Cc2cc(Cl)c(-c3ccc4c(c3)cc(C)n4C)cc2C=C1Oc1ccc(C)c(C(=O)O)c1. The van der Waals surface area contributed by atoms with Crippen LogP contribution in [0.2, 0.25) is 5.02 Å². The molecule has 1 aromatic heterocycles. The third-order valence-electron chi connectivity index (χ3n) is 6.53. The van der Waals surface area contributed by atoms with E-state index in [1.807, 2.05) is 12.1 Å². The number of nitrogens with zero attached hydrogens (tertiary/aromatic N) is 1. The largest absolute Gasteiger partial charge is 0.478 e. The van der Waals surface area contributed by atoms with Crippen LogP contribution < -0.4 is 4.74 Å². The molecule has 3 aromatic carbocycles. The molecule has 0 atom stereocenters. The number of aromatic nitrogens is 1. The van der Waals surface area contributed by atoms with Crippen molar-refractivity contribution in [2.24, 2.45) is 7.05 Å². The number of fused-ring (bicyclic) bond motifs is 2. The van der Waals surface area contributed by atoms with Gasteiger partial charge in [-0.1, -0.05) is 30.3 Å². The zero-order valence-corrected chi connectivity index (χ0v) is 20.0. The van der Waals surface area contributed by atoms with E-state index in [0.717, 1.165) is 27.8 Å². The molecule has 4 aromatic rings. The second-order valence-electron chi connectivity index (χ2n) is 8.82. The Balaban J connectivity index is 1.54. The van der Waals surface area contributed by atoms with Crippen molar-refractivity contribution in [3.05, 3.63) is 105 Å². The first-order valence-electron chi connectivity index (χ1n) is 11.0. The number of carboxylic acids is 1. The molecule has 0 bridgehead atoms. The lowest BCUT2D eigenvalue weighted by Crippen LogP contribution is -2.08. The van der Waals surface area contributed by atoms with E-state index in [0.29, 0.717) is 28.5 Å². The molecule has 5 rings (SSSR count). The third-order valence-corrected chi connectivity index (χ3v) is 6.84. The normalized spacial score (nSPS) is 13.1. The van der Waals surface area contributed by atoms with Crippen LogP contribution in [0.25, 0.3) is 28.1 Å². The van der Waals surface area contributed by atoms with Crippen molar-refractivity contribution in [3.8, 4) is 16.9 Å². The summed E-state index contributed by atoms with van der Waals surface area (Å²) in [6.45, 7) is 8.03. The first kappa shape index (κ1) is 22.1. The molecular formula is C29H24ClNO3. The van der Waals surface area contributed by atoms with Gasteiger partial charge in [-0.15, -0.1) is 0 Å². The van der Waals surface area contributed by atoms with Gasteiger partial charge < -0.3 is 14.4 Å². The molecule has 1 aliphatic carbocycles. The number of hydrogen-bond acceptors (Lipinski definition) is 2. The van der Waals surface area contributed by atoms with Crippen LogP contribution >= 0.6 is 11.6 Å². The Bertz CT molecular complexity index is 1540. The average Bonchev–Trinajstić information content (AvgIpc) is 3.08. The fraction of sp³-hybridized carbons (Fsp3) is 0.138. The number of hydrogen-bond donors (Lipinski definition) is 1. The van der Waals surface area contributed by atoms with Crippen molar-refractivity contribution in [2.75, 3.05) is 0 Å². The highest BCUT2D eigenvalue weighted by atomic mass is 35.5. The zero-order valence-electron chi connectivity index (χ0n) is 19.3. The standard InChI is InChI=1S/C29H24ClNO3/c1-16-5-7-23(15-24(16)29(32)33)34-28-14-21-12-25(26(30)13-20(21)9-17(28)2)19-6-8-27-22(11-19)10-18(3)31(27)4/h5-8,10-15H,2,9H2,1,3-4H3,(H,32,33). The van der Waals surface area contributed by atoms with E-state index in [9.17, 15) is 9.90 Å². The minimum absolute atomic E-state index is 0.223. The van der Waals surface area contributed by atoms with Gasteiger partial charge in [-0.2, -0.15) is 0 Å². The predicted octanol–water partition coefficient (Wildman–Crippen LogP) is 7.35. The summed E-state index contributed by atoms with van der Waals surface area (Å²) in [6.07, 6.45) is 2.56. The first-order chi connectivity index (χ1) is 16.2. The highest BCUT2D eigenvalue weighted by Crippen LogP contribution is 2.38. The van der Waals surface area contributed by atoms with E-state index < -0.39 is 5.97 Å². The van der Waals surface area contributed by atoms with Crippen molar-refractivity contribution in [2.45, 2.75) is 20.3 Å². The summed E-state index contributed by atoms with van der Waals surface area (Å²) >= 11 is 6.72. The second-order valence-corrected chi connectivity index (χ2v) is 9.23. The van der Waals surface area contributed by atoms with Crippen molar-refractivity contribution in [1.29, 1.82) is 0 Å². The Kier molecular flexibility index (Phi) is 5.34. The van der Waals surface area contributed by atoms with Gasteiger partial charge in [-0.25, -0.2) is 4.79 Å². The lowest BCUT2D eigenvalue weighted by Gasteiger charge is -2.21. The third kappa shape index (κ3) is 3.80. The number of carbonyl (C=O) groups is 1. The van der Waals surface area contributed by atoms with Crippen molar-refractivity contribution in [3.63, 3.8) is 0 Å². The maximum Gasteiger partial charge on any atom is 0.336 e. The molecule has 0 fully saturated rings. The number of benzene rings is 3. The maximum atomic E-state index is 11.5. The number of allylic oxidation sites excluding steroid dienone is 1. The van der Waals surface area contributed by atoms with Crippen molar-refractivity contribution < 1.29 is 14.6 Å². The van der Waals surface area contributed by atoms with Gasteiger partial charge in [0.2, 0.25) is 0 Å². The van der Waals surface area contributed by atoms with Crippen LogP contribution in [0.5, 0.6) is 5.75 Å². The van der Waals surface area contributed by atoms with Crippen molar-refractivity contribution >= 4 is 34.5 Å². The fourth-order valence-electron chi connectivity index (χ4n) is 4.48. The van der Waals surface area contributed by atoms with Crippen molar-refractivity contribution in [1.82, 2.24) is 4.57 Å². The van der Waals surface area contributed by atoms with E-state index in [1.165, 1.54) is 16.6 Å². The zero-order chi connectivity index (χ0) is 24.1. The maximum absolute atomic E-state index is 11.5. The summed E-state index contributed by atoms with van der Waals surface area (Å²) in [6, 6.07) is 17.7. The summed E-state index contributed by atoms with van der Waals surface area (Å²) in [4.78, 5) is 11.5. The second kappa shape index (κ2) is 8.23. The van der Waals surface area contributed by atoms with Crippen LogP contribution in [0.15, 0.2) is 72.5 Å². The molecule has 0 radical (unpaired) electrons. The van der Waals surface area contributed by atoms with Crippen LogP contribution in [0, 0.1) is 13.8 Å². The Morgan fingerprint density at radius 2 is 1.88 bits per heavy atom. The summed E-state index contributed by atoms with van der Waals surface area (Å²) in [5.74, 6) is 0.114. The number of aryl methyl sites for hydroxylation is 3. The summed E-state index contributed by atoms with van der Waals surface area (Å²) < 4.78 is 8.26. The van der Waals surface area contributed by atoms with Crippen LogP contribution in [-0.2, 0) is 13.5 Å². The molecule has 0 amide bonds. The Morgan fingerprint density at radius 3 is 2.65 bits per heavy atom. The van der Waals surface area contributed by atoms with E-state index in [2.05, 4.69) is 55.4 Å². The Labute approximate surface area is 203 Å². The number of ether oxygens (including phenoxy) is 1. The monoisotopic (exact) mass is 469 g/mol. The molecule has 0 unspecified atom stereocenters. The smallest absolute Gasteiger partial charge is 0.336 e. The van der Waals surface area contributed by atoms with E-state index in [-0.39, 0.29) is 5.56 Å². The average molecular weight is 470 g/mol. The lowest BCUT2D eigenvalue weighted by molar-refractivity contribution is 0.0695. The van der Waals surface area contributed by atoms with Gasteiger partial charge in [0.25, 0.3) is 0 Å². The van der Waals surface area contributed by atoms with Gasteiger partial charge in [0.15, 0.2) is 0 Å². The van der Waals surface area contributed by atoms with Gasteiger partial charge in [-0.3, -0.25) is 0 Å². The summed E-state index contributed by atoms with van der Waals surface area (Å²) in [5.41, 5.74) is 8.21. The van der Waals surface area contributed by atoms with Crippen LogP contribution in [-0.4, -0.2) is 15.6 Å². The van der Waals surface area contributed by atoms with Crippen LogP contribution in [0.1, 0.15) is 32.7 Å². The molecule has 1 N–H and O–H groups in total. The van der Waals surface area contributed by atoms with E-state index in [4.69, 9.17) is 16.3 Å². The fourth-order valence-corrected chi connectivity index (χ4v) is 4.77. The summed E-state index contributed by atoms with van der Waals surface area (Å²) in [7, 11) is 2.07. The van der Waals surface area contributed by atoms with Gasteiger partial charge in [-0.05, 0) is 90.2 Å². The minimum Gasteiger partial charge on any atom is -0.478 e. The number of rotatable bonds is 4. The van der Waals surface area contributed by atoms with E-state index in [1.54, 1.807) is 25.1 Å². The Hall–Kier alpha value is -3.76. The lowest BCUT2D eigenvalue weighted by atomic mass is 9.90. The summed E-state index contributed by atoms with van der Waals surface area (Å²) in [5, 5.41) is 11.3. The minimum atomic E-state index is -0.977. The molecular weight excluding hydrogens is 446 g/mol. The predicted molar refractivity (Wildman–Crippen MR) is 138 cm³/mol. The van der Waals surface area contributed by atoms with E-state index >= 15 is 0 Å². The number of carboxylic acid groups (broad SMARTS) is 1.